The molecule has 1 aromatic carbocycles. The Labute approximate surface area is 124 Å². The van der Waals surface area contributed by atoms with E-state index in [-0.39, 0.29) is 11.3 Å². The van der Waals surface area contributed by atoms with Gasteiger partial charge in [0.25, 0.3) is 0 Å². The van der Waals surface area contributed by atoms with E-state index in [2.05, 4.69) is 52.5 Å². The van der Waals surface area contributed by atoms with Crippen molar-refractivity contribution in [2.24, 2.45) is 0 Å². The minimum Gasteiger partial charge on any atom is -0.292 e. The van der Waals surface area contributed by atoms with Crippen molar-refractivity contribution in [3.63, 3.8) is 0 Å². The van der Waals surface area contributed by atoms with Crippen molar-refractivity contribution in [1.29, 1.82) is 0 Å². The number of Topliss-reactive ketones (excluding diaryl/α,β-unsaturated/α-hetero) is 1. The van der Waals surface area contributed by atoms with E-state index in [1.807, 2.05) is 12.1 Å². The van der Waals surface area contributed by atoms with E-state index in [9.17, 15) is 4.79 Å². The summed E-state index contributed by atoms with van der Waals surface area (Å²) in [5, 5.41) is 0. The van der Waals surface area contributed by atoms with E-state index in [1.54, 1.807) is 0 Å². The first-order valence-electron chi connectivity index (χ1n) is 7.84. The lowest BCUT2D eigenvalue weighted by Crippen LogP contribution is -2.54. The Bertz CT molecular complexity index is 456. The molecule has 0 aliphatic rings. The third kappa shape index (κ3) is 2.80. The zero-order chi connectivity index (χ0) is 15.3. The van der Waals surface area contributed by atoms with Gasteiger partial charge in [-0.3, -0.25) is 9.69 Å². The summed E-state index contributed by atoms with van der Waals surface area (Å²) in [6.45, 7) is 14.5. The Morgan fingerprint density at radius 3 is 2.05 bits per heavy atom. The highest BCUT2D eigenvalue weighted by Gasteiger charge is 2.40. The van der Waals surface area contributed by atoms with Crippen LogP contribution in [0.25, 0.3) is 0 Å². The molecule has 1 aromatic rings. The molecule has 0 N–H and O–H groups in total. The van der Waals surface area contributed by atoms with Crippen LogP contribution in [0.3, 0.4) is 0 Å². The normalized spacial score (nSPS) is 11.9. The van der Waals surface area contributed by atoms with Crippen LogP contribution in [0.15, 0.2) is 18.2 Å². The average Bonchev–Trinajstić information content (AvgIpc) is 2.47. The lowest BCUT2D eigenvalue weighted by Gasteiger charge is -2.41. The summed E-state index contributed by atoms with van der Waals surface area (Å²) in [5.41, 5.74) is 2.84. The van der Waals surface area contributed by atoms with E-state index in [0.717, 1.165) is 37.1 Å². The molecule has 0 atom stereocenters. The maximum atomic E-state index is 13.2. The maximum Gasteiger partial charge on any atom is 0.183 e. The van der Waals surface area contributed by atoms with Crippen LogP contribution in [0.1, 0.15) is 62.0 Å². The van der Waals surface area contributed by atoms with E-state index in [1.165, 1.54) is 5.56 Å². The zero-order valence-corrected chi connectivity index (χ0v) is 13.9. The van der Waals surface area contributed by atoms with Crippen molar-refractivity contribution >= 4 is 5.78 Å². The van der Waals surface area contributed by atoms with E-state index in [4.69, 9.17) is 0 Å². The molecule has 2 nitrogen and oxygen atoms in total. The summed E-state index contributed by atoms with van der Waals surface area (Å²) in [5.74, 6) is 0.285. The molecule has 112 valence electrons. The van der Waals surface area contributed by atoms with Gasteiger partial charge in [0.2, 0.25) is 0 Å². The molecular weight excluding hydrogens is 246 g/mol. The van der Waals surface area contributed by atoms with Gasteiger partial charge >= 0.3 is 0 Å². The maximum absolute atomic E-state index is 13.2. The van der Waals surface area contributed by atoms with Crippen LogP contribution in [0.4, 0.5) is 0 Å². The first kappa shape index (κ1) is 16.9. The summed E-state index contributed by atoms with van der Waals surface area (Å²) in [7, 11) is 0. The molecule has 2 heteroatoms. The van der Waals surface area contributed by atoms with Crippen LogP contribution in [0, 0.1) is 13.8 Å². The van der Waals surface area contributed by atoms with E-state index < -0.39 is 0 Å². The number of hydrogen-bond acceptors (Lipinski definition) is 2. The Hall–Kier alpha value is -1.15. The standard InChI is InChI=1S/C18H29NO/c1-7-18(8-2,19(9-3)10-4)17(20)16-13-11-12-14(5)15(16)6/h11-13H,7-10H2,1-6H3. The first-order chi connectivity index (χ1) is 9.48. The van der Waals surface area contributed by atoms with Crippen LogP contribution in [-0.4, -0.2) is 29.3 Å². The lowest BCUT2D eigenvalue weighted by atomic mass is 9.80. The molecule has 0 bridgehead atoms. The fraction of sp³-hybridized carbons (Fsp3) is 0.611. The van der Waals surface area contributed by atoms with E-state index >= 15 is 0 Å². The number of rotatable bonds is 7. The molecule has 0 spiro atoms. The monoisotopic (exact) mass is 275 g/mol. The topological polar surface area (TPSA) is 20.3 Å². The third-order valence-corrected chi connectivity index (χ3v) is 4.81. The number of hydrogen-bond donors (Lipinski definition) is 0. The molecule has 0 amide bonds. The summed E-state index contributed by atoms with van der Waals surface area (Å²) >= 11 is 0. The van der Waals surface area contributed by atoms with Crippen LogP contribution in [0.5, 0.6) is 0 Å². The quantitative estimate of drug-likeness (QED) is 0.688. The number of carbonyl (C=O) groups is 1. The van der Waals surface area contributed by atoms with Gasteiger partial charge < -0.3 is 0 Å². The molecule has 0 unspecified atom stereocenters. The van der Waals surface area contributed by atoms with Gasteiger partial charge in [-0.05, 0) is 50.9 Å². The molecule has 0 aliphatic heterocycles. The van der Waals surface area contributed by atoms with Crippen LogP contribution in [0.2, 0.25) is 0 Å². The second kappa shape index (κ2) is 7.03. The van der Waals surface area contributed by atoms with Crippen molar-refractivity contribution in [2.45, 2.75) is 59.9 Å². The molecule has 0 aromatic heterocycles. The van der Waals surface area contributed by atoms with Gasteiger partial charge in [0.15, 0.2) is 5.78 Å². The molecule has 0 saturated heterocycles. The Morgan fingerprint density at radius 2 is 1.60 bits per heavy atom. The number of nitrogens with zero attached hydrogens (tertiary/aromatic N) is 1. The highest BCUT2D eigenvalue weighted by molar-refractivity contribution is 6.04. The van der Waals surface area contributed by atoms with Crippen molar-refractivity contribution in [2.75, 3.05) is 13.1 Å². The second-order valence-corrected chi connectivity index (χ2v) is 5.49. The molecule has 20 heavy (non-hydrogen) atoms. The number of ketones is 1. The Balaban J connectivity index is 3.34. The molecular formula is C18H29NO. The highest BCUT2D eigenvalue weighted by Crippen LogP contribution is 2.30. The summed E-state index contributed by atoms with van der Waals surface area (Å²) in [6.07, 6.45) is 1.72. The molecule has 1 rings (SSSR count). The molecule has 0 saturated carbocycles. The largest absolute Gasteiger partial charge is 0.292 e. The van der Waals surface area contributed by atoms with Crippen molar-refractivity contribution in [3.8, 4) is 0 Å². The summed E-state index contributed by atoms with van der Waals surface area (Å²) < 4.78 is 0. The second-order valence-electron chi connectivity index (χ2n) is 5.49. The predicted molar refractivity (Wildman–Crippen MR) is 86.5 cm³/mol. The van der Waals surface area contributed by atoms with Gasteiger partial charge in [-0.2, -0.15) is 0 Å². The highest BCUT2D eigenvalue weighted by atomic mass is 16.1. The number of carbonyl (C=O) groups excluding carboxylic acids is 1. The molecule has 0 heterocycles. The minimum absolute atomic E-state index is 0.285. The summed E-state index contributed by atoms with van der Waals surface area (Å²) in [6, 6.07) is 6.05. The number of benzene rings is 1. The van der Waals surface area contributed by atoms with Gasteiger partial charge in [-0.25, -0.2) is 0 Å². The SMILES string of the molecule is CCN(CC)C(CC)(CC)C(=O)c1cccc(C)c1C. The summed E-state index contributed by atoms with van der Waals surface area (Å²) in [4.78, 5) is 15.5. The van der Waals surface area contributed by atoms with Gasteiger partial charge in [-0.1, -0.05) is 45.9 Å². The average molecular weight is 275 g/mol. The fourth-order valence-corrected chi connectivity index (χ4v) is 3.24. The lowest BCUT2D eigenvalue weighted by molar-refractivity contribution is 0.0534. The fourth-order valence-electron chi connectivity index (χ4n) is 3.24. The van der Waals surface area contributed by atoms with Crippen LogP contribution >= 0.6 is 0 Å². The van der Waals surface area contributed by atoms with Gasteiger partial charge in [0, 0.05) is 5.56 Å². The van der Waals surface area contributed by atoms with Crippen molar-refractivity contribution < 1.29 is 4.79 Å². The molecule has 0 aliphatic carbocycles. The predicted octanol–water partition coefficient (Wildman–Crippen LogP) is 4.39. The smallest absolute Gasteiger partial charge is 0.183 e. The van der Waals surface area contributed by atoms with Crippen LogP contribution < -0.4 is 0 Å². The third-order valence-electron chi connectivity index (χ3n) is 4.81. The Kier molecular flexibility index (Phi) is 5.94. The van der Waals surface area contributed by atoms with Gasteiger partial charge in [0.1, 0.15) is 0 Å². The van der Waals surface area contributed by atoms with Crippen molar-refractivity contribution in [1.82, 2.24) is 4.90 Å². The van der Waals surface area contributed by atoms with Crippen molar-refractivity contribution in [3.05, 3.63) is 34.9 Å². The number of likely N-dealkylation sites (N-methyl/N-ethyl adjacent to an activating group) is 1. The minimum atomic E-state index is -0.359. The van der Waals surface area contributed by atoms with Gasteiger partial charge in [0.05, 0.1) is 5.54 Å². The number of aryl methyl sites for hydroxylation is 1. The zero-order valence-electron chi connectivity index (χ0n) is 13.9. The molecule has 0 fully saturated rings. The van der Waals surface area contributed by atoms with Crippen LogP contribution in [-0.2, 0) is 0 Å². The Morgan fingerprint density at radius 1 is 1.05 bits per heavy atom. The first-order valence-corrected chi connectivity index (χ1v) is 7.84. The van der Waals surface area contributed by atoms with E-state index in [0.29, 0.717) is 0 Å². The molecule has 0 radical (unpaired) electrons. The van der Waals surface area contributed by atoms with Gasteiger partial charge in [-0.15, -0.1) is 0 Å².